The Balaban J connectivity index is 1.97. The summed E-state index contributed by atoms with van der Waals surface area (Å²) in [4.78, 5) is 28.1. The van der Waals surface area contributed by atoms with Crippen LogP contribution in [0.2, 0.25) is 5.02 Å². The molecule has 6 heteroatoms. The molecule has 160 valence electrons. The summed E-state index contributed by atoms with van der Waals surface area (Å²) in [6.45, 7) is 0.182. The number of carbonyl (C=O) groups excluding carboxylic acids is 2. The first-order valence-electron chi connectivity index (χ1n) is 10.1. The minimum Gasteiger partial charge on any atom is -0.395 e. The summed E-state index contributed by atoms with van der Waals surface area (Å²) in [6.07, 6.45) is 0.172. The molecule has 3 aromatic carbocycles. The van der Waals surface area contributed by atoms with Gasteiger partial charge in [-0.3, -0.25) is 9.59 Å². The van der Waals surface area contributed by atoms with Gasteiger partial charge in [-0.1, -0.05) is 84.4 Å². The highest BCUT2D eigenvalue weighted by Crippen LogP contribution is 2.25. The summed E-state index contributed by atoms with van der Waals surface area (Å²) in [5, 5.41) is 12.5. The van der Waals surface area contributed by atoms with Crippen LogP contribution in [0.1, 0.15) is 22.7 Å². The summed E-state index contributed by atoms with van der Waals surface area (Å²) in [5.41, 5.74) is 2.44. The highest BCUT2D eigenvalue weighted by Gasteiger charge is 2.31. The SMILES string of the molecule is O=C(NCCO)[C@@H](c1ccccc1)N(Cc1ccc(Cl)cc1)C(=O)Cc1ccccc1. The van der Waals surface area contributed by atoms with Crippen molar-refractivity contribution in [3.8, 4) is 0 Å². The van der Waals surface area contributed by atoms with Crippen LogP contribution in [0.25, 0.3) is 0 Å². The predicted octanol–water partition coefficient (Wildman–Crippen LogP) is 3.76. The monoisotopic (exact) mass is 436 g/mol. The summed E-state index contributed by atoms with van der Waals surface area (Å²) < 4.78 is 0. The van der Waals surface area contributed by atoms with Crippen molar-refractivity contribution < 1.29 is 14.7 Å². The van der Waals surface area contributed by atoms with E-state index in [2.05, 4.69) is 5.32 Å². The van der Waals surface area contributed by atoms with Crippen LogP contribution in [-0.4, -0.2) is 35.0 Å². The molecule has 0 aliphatic heterocycles. The molecule has 5 nitrogen and oxygen atoms in total. The number of hydrogen-bond acceptors (Lipinski definition) is 3. The van der Waals surface area contributed by atoms with Crippen LogP contribution in [0.5, 0.6) is 0 Å². The first kappa shape index (κ1) is 22.5. The molecule has 1 atom stereocenters. The van der Waals surface area contributed by atoms with Crippen LogP contribution in [0.4, 0.5) is 0 Å². The number of aliphatic hydroxyl groups excluding tert-OH is 1. The molecule has 0 saturated carbocycles. The van der Waals surface area contributed by atoms with Crippen molar-refractivity contribution in [2.45, 2.75) is 19.0 Å². The van der Waals surface area contributed by atoms with Crippen molar-refractivity contribution in [3.63, 3.8) is 0 Å². The lowest BCUT2D eigenvalue weighted by molar-refractivity contribution is -0.141. The van der Waals surface area contributed by atoms with Gasteiger partial charge in [0.1, 0.15) is 6.04 Å². The topological polar surface area (TPSA) is 69.6 Å². The molecule has 0 aliphatic carbocycles. The fourth-order valence-corrected chi connectivity index (χ4v) is 3.49. The Morgan fingerprint density at radius 3 is 2.10 bits per heavy atom. The molecule has 2 N–H and O–H groups in total. The minimum atomic E-state index is -0.834. The van der Waals surface area contributed by atoms with Gasteiger partial charge in [0, 0.05) is 18.1 Å². The number of nitrogens with zero attached hydrogens (tertiary/aromatic N) is 1. The number of aliphatic hydroxyl groups is 1. The molecule has 0 fully saturated rings. The van der Waals surface area contributed by atoms with Crippen LogP contribution in [0.3, 0.4) is 0 Å². The van der Waals surface area contributed by atoms with Gasteiger partial charge in [-0.25, -0.2) is 0 Å². The number of amides is 2. The van der Waals surface area contributed by atoms with E-state index in [0.29, 0.717) is 10.6 Å². The van der Waals surface area contributed by atoms with Gasteiger partial charge in [-0.05, 0) is 28.8 Å². The number of carbonyl (C=O) groups is 2. The lowest BCUT2D eigenvalue weighted by atomic mass is 10.0. The first-order valence-corrected chi connectivity index (χ1v) is 10.5. The molecule has 3 rings (SSSR count). The van der Waals surface area contributed by atoms with E-state index in [0.717, 1.165) is 11.1 Å². The lowest BCUT2D eigenvalue weighted by Crippen LogP contribution is -2.44. The number of nitrogens with one attached hydrogen (secondary N) is 1. The normalized spacial score (nSPS) is 11.5. The molecule has 0 aliphatic rings. The number of hydrogen-bond donors (Lipinski definition) is 2. The van der Waals surface area contributed by atoms with Gasteiger partial charge in [0.2, 0.25) is 11.8 Å². The summed E-state index contributed by atoms with van der Waals surface area (Å²) in [7, 11) is 0. The van der Waals surface area contributed by atoms with Crippen LogP contribution < -0.4 is 5.32 Å². The molecule has 0 heterocycles. The molecule has 0 bridgehead atoms. The molecule has 2 amide bonds. The Labute approximate surface area is 187 Å². The van der Waals surface area contributed by atoms with E-state index in [1.54, 1.807) is 17.0 Å². The maximum atomic E-state index is 13.4. The van der Waals surface area contributed by atoms with Gasteiger partial charge in [-0.15, -0.1) is 0 Å². The Morgan fingerprint density at radius 1 is 0.871 bits per heavy atom. The third-order valence-corrected chi connectivity index (χ3v) is 5.12. The van der Waals surface area contributed by atoms with Crippen LogP contribution >= 0.6 is 11.6 Å². The molecule has 0 radical (unpaired) electrons. The van der Waals surface area contributed by atoms with Crippen molar-refractivity contribution in [3.05, 3.63) is 107 Å². The average molecular weight is 437 g/mol. The largest absolute Gasteiger partial charge is 0.395 e. The minimum absolute atomic E-state index is 0.115. The van der Waals surface area contributed by atoms with Crippen molar-refractivity contribution >= 4 is 23.4 Å². The van der Waals surface area contributed by atoms with E-state index < -0.39 is 6.04 Å². The molecule has 0 spiro atoms. The third kappa shape index (κ3) is 6.41. The molecular weight excluding hydrogens is 412 g/mol. The van der Waals surface area contributed by atoms with E-state index >= 15 is 0 Å². The van der Waals surface area contributed by atoms with Crippen molar-refractivity contribution in [2.75, 3.05) is 13.2 Å². The Kier molecular flexibility index (Phi) is 8.21. The zero-order chi connectivity index (χ0) is 22.1. The molecule has 0 aromatic heterocycles. The summed E-state index contributed by atoms with van der Waals surface area (Å²) in [5.74, 6) is -0.509. The fourth-order valence-electron chi connectivity index (χ4n) is 3.37. The van der Waals surface area contributed by atoms with Gasteiger partial charge in [-0.2, -0.15) is 0 Å². The quantitative estimate of drug-likeness (QED) is 0.536. The Bertz CT molecular complexity index is 979. The maximum absolute atomic E-state index is 13.4. The fraction of sp³-hybridized carbons (Fsp3) is 0.200. The zero-order valence-corrected chi connectivity index (χ0v) is 17.8. The number of rotatable bonds is 9. The van der Waals surface area contributed by atoms with Crippen molar-refractivity contribution in [2.24, 2.45) is 0 Å². The highest BCUT2D eigenvalue weighted by molar-refractivity contribution is 6.30. The first-order chi connectivity index (χ1) is 15.1. The molecule has 0 saturated heterocycles. The van der Waals surface area contributed by atoms with E-state index in [1.807, 2.05) is 72.8 Å². The van der Waals surface area contributed by atoms with Crippen LogP contribution in [-0.2, 0) is 22.6 Å². The average Bonchev–Trinajstić information content (AvgIpc) is 2.80. The number of benzene rings is 3. The van der Waals surface area contributed by atoms with Gasteiger partial charge in [0.25, 0.3) is 0 Å². The number of halogens is 1. The zero-order valence-electron chi connectivity index (χ0n) is 17.1. The van der Waals surface area contributed by atoms with Gasteiger partial charge in [0.05, 0.1) is 13.0 Å². The Hall–Kier alpha value is -3.15. The third-order valence-electron chi connectivity index (χ3n) is 4.87. The molecule has 0 unspecified atom stereocenters. The highest BCUT2D eigenvalue weighted by atomic mass is 35.5. The summed E-state index contributed by atoms with van der Waals surface area (Å²) >= 11 is 6.02. The summed E-state index contributed by atoms with van der Waals surface area (Å²) in [6, 6.07) is 25.0. The Morgan fingerprint density at radius 2 is 1.48 bits per heavy atom. The molecule has 3 aromatic rings. The molecule has 31 heavy (non-hydrogen) atoms. The maximum Gasteiger partial charge on any atom is 0.247 e. The van der Waals surface area contributed by atoms with E-state index in [1.165, 1.54) is 0 Å². The standard InChI is InChI=1S/C25H25ClN2O3/c26-22-13-11-20(12-14-22)18-28(23(30)17-19-7-3-1-4-8-19)24(25(31)27-15-16-29)21-9-5-2-6-10-21/h1-14,24,29H,15-18H2,(H,27,31)/t24-/m1/s1. The van der Waals surface area contributed by atoms with E-state index in [9.17, 15) is 9.59 Å². The second kappa shape index (κ2) is 11.3. The van der Waals surface area contributed by atoms with E-state index in [-0.39, 0.29) is 37.9 Å². The second-order valence-corrected chi connectivity index (χ2v) is 7.57. The van der Waals surface area contributed by atoms with E-state index in [4.69, 9.17) is 16.7 Å². The smallest absolute Gasteiger partial charge is 0.247 e. The van der Waals surface area contributed by atoms with Crippen molar-refractivity contribution in [1.82, 2.24) is 10.2 Å². The lowest BCUT2D eigenvalue weighted by Gasteiger charge is -2.32. The molecular formula is C25H25ClN2O3. The van der Waals surface area contributed by atoms with Gasteiger partial charge in [0.15, 0.2) is 0 Å². The van der Waals surface area contributed by atoms with Gasteiger partial charge >= 0.3 is 0 Å². The second-order valence-electron chi connectivity index (χ2n) is 7.14. The van der Waals surface area contributed by atoms with Crippen molar-refractivity contribution in [1.29, 1.82) is 0 Å². The van der Waals surface area contributed by atoms with Gasteiger partial charge < -0.3 is 15.3 Å². The predicted molar refractivity (Wildman–Crippen MR) is 121 cm³/mol. The van der Waals surface area contributed by atoms with Crippen LogP contribution in [0.15, 0.2) is 84.9 Å². The van der Waals surface area contributed by atoms with Crippen LogP contribution in [0, 0.1) is 0 Å².